The molecule has 0 spiro atoms. The van der Waals surface area contributed by atoms with Gasteiger partial charge in [0.05, 0.1) is 43.3 Å². The van der Waals surface area contributed by atoms with Gasteiger partial charge in [0, 0.05) is 6.61 Å². The van der Waals surface area contributed by atoms with Crippen molar-refractivity contribution in [3.63, 3.8) is 0 Å². The number of alkyl halides is 1. The number of carbonyl (C=O) groups is 1. The summed E-state index contributed by atoms with van der Waals surface area (Å²) in [4.78, 5) is 16.6. The maximum Gasteiger partial charge on any atom is 0.338 e. The Morgan fingerprint density at radius 3 is 2.88 bits per heavy atom. The average Bonchev–Trinajstić information content (AvgIpc) is 2.92. The van der Waals surface area contributed by atoms with Gasteiger partial charge in [-0.05, 0) is 25.0 Å². The van der Waals surface area contributed by atoms with Gasteiger partial charge in [-0.2, -0.15) is 0 Å². The topological polar surface area (TPSA) is 62.6 Å². The summed E-state index contributed by atoms with van der Waals surface area (Å²) in [6.45, 7) is 4.02. The van der Waals surface area contributed by atoms with E-state index >= 15 is 0 Å². The van der Waals surface area contributed by atoms with E-state index < -0.39 is 5.97 Å². The van der Waals surface area contributed by atoms with Crippen LogP contribution in [-0.4, -0.2) is 41.9 Å². The number of hydrogen-bond acceptors (Lipinski definition) is 5. The highest BCUT2D eigenvalue weighted by Crippen LogP contribution is 2.30. The van der Waals surface area contributed by atoms with Crippen molar-refractivity contribution in [3.05, 3.63) is 23.5 Å². The van der Waals surface area contributed by atoms with Crippen molar-refractivity contribution in [2.75, 3.05) is 20.3 Å². The zero-order valence-corrected chi connectivity index (χ0v) is 14.6. The van der Waals surface area contributed by atoms with Crippen LogP contribution in [0.3, 0.4) is 0 Å². The molecule has 0 radical (unpaired) electrons. The smallest absolute Gasteiger partial charge is 0.338 e. The van der Waals surface area contributed by atoms with Gasteiger partial charge in [0.2, 0.25) is 0 Å². The third kappa shape index (κ3) is 3.21. The molecule has 1 aromatic carbocycles. The van der Waals surface area contributed by atoms with Crippen molar-refractivity contribution in [2.24, 2.45) is 0 Å². The second-order valence-corrected chi connectivity index (χ2v) is 6.00. The van der Waals surface area contributed by atoms with E-state index in [0.29, 0.717) is 30.0 Å². The van der Waals surface area contributed by atoms with Crippen LogP contribution in [0.5, 0.6) is 5.75 Å². The number of carbonyl (C=O) groups excluding carboxylic acids is 1. The number of esters is 1. The van der Waals surface area contributed by atoms with Crippen molar-refractivity contribution in [3.8, 4) is 5.75 Å². The number of nitrogens with zero attached hydrogens (tertiary/aromatic N) is 2. The molecular weight excluding hydrogens is 332 g/mol. The normalized spacial score (nSPS) is 16.9. The van der Waals surface area contributed by atoms with Gasteiger partial charge < -0.3 is 18.8 Å². The molecule has 3 rings (SSSR count). The van der Waals surface area contributed by atoms with E-state index in [0.717, 1.165) is 30.8 Å². The number of fused-ring (bicyclic) bond motifs is 1. The average molecular weight is 353 g/mol. The molecule has 0 saturated carbocycles. The Morgan fingerprint density at radius 2 is 2.29 bits per heavy atom. The van der Waals surface area contributed by atoms with Crippen LogP contribution in [0.2, 0.25) is 0 Å². The van der Waals surface area contributed by atoms with Gasteiger partial charge in [0.1, 0.15) is 17.1 Å². The molecule has 2 aromatic rings. The van der Waals surface area contributed by atoms with Gasteiger partial charge in [0.25, 0.3) is 0 Å². The molecule has 0 aliphatic carbocycles. The molecule has 1 fully saturated rings. The number of halogens is 1. The first kappa shape index (κ1) is 17.0. The van der Waals surface area contributed by atoms with E-state index in [9.17, 15) is 4.79 Å². The summed E-state index contributed by atoms with van der Waals surface area (Å²) in [5.41, 5.74) is 1.97. The number of ether oxygens (including phenoxy) is 3. The van der Waals surface area contributed by atoms with Crippen molar-refractivity contribution in [2.45, 2.75) is 38.3 Å². The lowest BCUT2D eigenvalue weighted by atomic mass is 10.1. The fourth-order valence-electron chi connectivity index (χ4n) is 2.74. The minimum Gasteiger partial charge on any atom is -0.491 e. The van der Waals surface area contributed by atoms with Crippen molar-refractivity contribution >= 4 is 28.6 Å². The lowest BCUT2D eigenvalue weighted by Gasteiger charge is -2.27. The summed E-state index contributed by atoms with van der Waals surface area (Å²) < 4.78 is 18.2. The summed E-state index contributed by atoms with van der Waals surface area (Å²) in [5, 5.41) is 0. The van der Waals surface area contributed by atoms with Crippen LogP contribution in [0.1, 0.15) is 35.9 Å². The van der Waals surface area contributed by atoms with Crippen molar-refractivity contribution < 1.29 is 19.0 Å². The molecule has 2 heterocycles. The Kier molecular flexibility index (Phi) is 5.26. The number of benzene rings is 1. The number of imidazole rings is 1. The summed E-state index contributed by atoms with van der Waals surface area (Å²) in [6, 6.07) is 3.46. The summed E-state index contributed by atoms with van der Waals surface area (Å²) in [6.07, 6.45) is 2.03. The Balaban J connectivity index is 2.11. The standard InChI is InChI=1S/C17H21ClN2O4/c1-3-5-24-14-8-11(17(21)22-2)7-13-16(14)19-15(9-18)20(13)10-12-4-6-23-12/h7-8,12H,3-6,9-10H2,1-2H3. The van der Waals surface area contributed by atoms with Crippen LogP contribution in [0.4, 0.5) is 0 Å². The first-order chi connectivity index (χ1) is 11.7. The van der Waals surface area contributed by atoms with E-state index in [1.807, 2.05) is 11.5 Å². The molecule has 1 aromatic heterocycles. The summed E-state index contributed by atoms with van der Waals surface area (Å²) in [7, 11) is 1.36. The van der Waals surface area contributed by atoms with Gasteiger partial charge in [-0.25, -0.2) is 9.78 Å². The predicted molar refractivity (Wildman–Crippen MR) is 90.8 cm³/mol. The monoisotopic (exact) mass is 352 g/mol. The highest BCUT2D eigenvalue weighted by molar-refractivity contribution is 6.17. The summed E-state index contributed by atoms with van der Waals surface area (Å²) in [5.74, 6) is 1.19. The molecule has 1 saturated heterocycles. The van der Waals surface area contributed by atoms with Crippen LogP contribution in [0.15, 0.2) is 12.1 Å². The van der Waals surface area contributed by atoms with E-state index in [-0.39, 0.29) is 12.0 Å². The minimum absolute atomic E-state index is 0.158. The zero-order chi connectivity index (χ0) is 17.1. The first-order valence-corrected chi connectivity index (χ1v) is 8.63. The minimum atomic E-state index is -0.404. The molecule has 1 atom stereocenters. The van der Waals surface area contributed by atoms with Gasteiger partial charge in [0.15, 0.2) is 0 Å². The van der Waals surface area contributed by atoms with Crippen LogP contribution in [0.25, 0.3) is 11.0 Å². The second-order valence-electron chi connectivity index (χ2n) is 5.74. The van der Waals surface area contributed by atoms with Gasteiger partial charge >= 0.3 is 5.97 Å². The third-order valence-electron chi connectivity index (χ3n) is 4.08. The Morgan fingerprint density at radius 1 is 1.50 bits per heavy atom. The van der Waals surface area contributed by atoms with Gasteiger partial charge in [-0.15, -0.1) is 11.6 Å². The van der Waals surface area contributed by atoms with Gasteiger partial charge in [-0.1, -0.05) is 6.92 Å². The largest absolute Gasteiger partial charge is 0.491 e. The molecule has 24 heavy (non-hydrogen) atoms. The lowest BCUT2D eigenvalue weighted by Crippen LogP contribution is -2.31. The lowest BCUT2D eigenvalue weighted by molar-refractivity contribution is -0.0589. The summed E-state index contributed by atoms with van der Waals surface area (Å²) >= 11 is 6.08. The highest BCUT2D eigenvalue weighted by Gasteiger charge is 2.24. The molecule has 1 aliphatic rings. The fraction of sp³-hybridized carbons (Fsp3) is 0.529. The number of rotatable bonds is 7. The molecular formula is C17H21ClN2O4. The Labute approximate surface area is 145 Å². The maximum atomic E-state index is 12.0. The van der Waals surface area contributed by atoms with E-state index in [1.165, 1.54) is 7.11 Å². The highest BCUT2D eigenvalue weighted by atomic mass is 35.5. The SMILES string of the molecule is CCCOc1cc(C(=O)OC)cc2c1nc(CCl)n2CC1CCO1. The third-order valence-corrected chi connectivity index (χ3v) is 4.32. The Bertz CT molecular complexity index is 740. The van der Waals surface area contributed by atoms with Crippen LogP contribution in [-0.2, 0) is 21.9 Å². The molecule has 1 unspecified atom stereocenters. The maximum absolute atomic E-state index is 12.0. The zero-order valence-electron chi connectivity index (χ0n) is 13.9. The molecule has 1 aliphatic heterocycles. The van der Waals surface area contributed by atoms with Crippen molar-refractivity contribution in [1.29, 1.82) is 0 Å². The number of hydrogen-bond donors (Lipinski definition) is 0. The molecule has 0 amide bonds. The molecule has 0 bridgehead atoms. The van der Waals surface area contributed by atoms with E-state index in [4.69, 9.17) is 25.8 Å². The Hall–Kier alpha value is -1.79. The van der Waals surface area contributed by atoms with Crippen LogP contribution < -0.4 is 4.74 Å². The molecule has 0 N–H and O–H groups in total. The first-order valence-electron chi connectivity index (χ1n) is 8.09. The van der Waals surface area contributed by atoms with E-state index in [1.54, 1.807) is 12.1 Å². The number of aromatic nitrogens is 2. The van der Waals surface area contributed by atoms with E-state index in [2.05, 4.69) is 4.98 Å². The number of methoxy groups -OCH3 is 1. The van der Waals surface area contributed by atoms with Crippen LogP contribution >= 0.6 is 11.6 Å². The molecule has 6 nitrogen and oxygen atoms in total. The van der Waals surface area contributed by atoms with Crippen molar-refractivity contribution in [1.82, 2.24) is 9.55 Å². The molecule has 7 heteroatoms. The quantitative estimate of drug-likeness (QED) is 0.566. The van der Waals surface area contributed by atoms with Crippen LogP contribution in [0, 0.1) is 0 Å². The predicted octanol–water partition coefficient (Wildman–Crippen LogP) is 3.14. The van der Waals surface area contributed by atoms with Gasteiger partial charge in [-0.3, -0.25) is 0 Å². The molecule has 130 valence electrons. The fourth-order valence-corrected chi connectivity index (χ4v) is 2.94. The second kappa shape index (κ2) is 7.40.